The summed E-state index contributed by atoms with van der Waals surface area (Å²) in [5.41, 5.74) is 1.21. The molecule has 1 fully saturated rings. The van der Waals surface area contributed by atoms with Crippen molar-refractivity contribution in [2.75, 3.05) is 23.7 Å². The van der Waals surface area contributed by atoms with E-state index in [0.29, 0.717) is 11.8 Å². The van der Waals surface area contributed by atoms with Gasteiger partial charge >= 0.3 is 0 Å². The third-order valence-electron chi connectivity index (χ3n) is 2.83. The van der Waals surface area contributed by atoms with Crippen molar-refractivity contribution in [1.29, 1.82) is 0 Å². The number of halogens is 1. The summed E-state index contributed by atoms with van der Waals surface area (Å²) in [5.74, 6) is 0.681. The summed E-state index contributed by atoms with van der Waals surface area (Å²) >= 11 is 1.93. The van der Waals surface area contributed by atoms with E-state index in [1.165, 1.54) is 12.1 Å². The molecule has 0 radical (unpaired) electrons. The van der Waals surface area contributed by atoms with Crippen LogP contribution in [-0.4, -0.2) is 29.9 Å². The Morgan fingerprint density at radius 3 is 2.82 bits per heavy atom. The van der Waals surface area contributed by atoms with Gasteiger partial charge in [0.05, 0.1) is 0 Å². The number of benzene rings is 1. The summed E-state index contributed by atoms with van der Waals surface area (Å²) in [6, 6.07) is 4.52. The first-order chi connectivity index (χ1) is 8.00. The van der Waals surface area contributed by atoms with Crippen LogP contribution in [0.4, 0.5) is 10.1 Å². The van der Waals surface area contributed by atoms with Crippen molar-refractivity contribution >= 4 is 23.7 Å². The summed E-state index contributed by atoms with van der Waals surface area (Å²) in [7, 11) is 0. The van der Waals surface area contributed by atoms with Gasteiger partial charge in [-0.05, 0) is 32.0 Å². The Hall–Kier alpha value is -1.03. The highest BCUT2D eigenvalue weighted by Crippen LogP contribution is 2.32. The number of aldehydes is 1. The van der Waals surface area contributed by atoms with E-state index in [-0.39, 0.29) is 10.6 Å². The summed E-state index contributed by atoms with van der Waals surface area (Å²) in [5, 5.41) is 0. The van der Waals surface area contributed by atoms with Crippen LogP contribution < -0.4 is 4.90 Å². The fourth-order valence-electron chi connectivity index (χ4n) is 2.08. The fourth-order valence-corrected chi connectivity index (χ4v) is 3.20. The average molecular weight is 253 g/mol. The summed E-state index contributed by atoms with van der Waals surface area (Å²) in [6.45, 7) is 6.14. The van der Waals surface area contributed by atoms with E-state index in [1.54, 1.807) is 6.07 Å². The first kappa shape index (κ1) is 12.4. The molecule has 0 aliphatic carbocycles. The molecule has 1 aliphatic heterocycles. The van der Waals surface area contributed by atoms with Gasteiger partial charge in [-0.2, -0.15) is 11.8 Å². The van der Waals surface area contributed by atoms with Gasteiger partial charge in [-0.25, -0.2) is 4.39 Å². The number of hydrogen-bond acceptors (Lipinski definition) is 3. The number of carbonyl (C=O) groups is 1. The van der Waals surface area contributed by atoms with Crippen LogP contribution in [0, 0.1) is 5.82 Å². The Morgan fingerprint density at radius 1 is 1.41 bits per heavy atom. The molecule has 2 rings (SSSR count). The van der Waals surface area contributed by atoms with Crippen molar-refractivity contribution < 1.29 is 9.18 Å². The maximum absolute atomic E-state index is 13.4. The Kier molecular flexibility index (Phi) is 3.43. The lowest BCUT2D eigenvalue weighted by Gasteiger charge is -2.39. The minimum atomic E-state index is -0.347. The maximum atomic E-state index is 13.4. The molecule has 1 saturated heterocycles. The van der Waals surface area contributed by atoms with Gasteiger partial charge in [-0.15, -0.1) is 0 Å². The van der Waals surface area contributed by atoms with Crippen molar-refractivity contribution in [3.05, 3.63) is 29.6 Å². The normalized spacial score (nSPS) is 19.1. The van der Waals surface area contributed by atoms with Crippen LogP contribution in [0.15, 0.2) is 18.2 Å². The van der Waals surface area contributed by atoms with Crippen molar-refractivity contribution in [1.82, 2.24) is 0 Å². The molecule has 1 heterocycles. The van der Waals surface area contributed by atoms with E-state index >= 15 is 0 Å². The molecule has 0 atom stereocenters. The smallest absolute Gasteiger partial charge is 0.150 e. The second kappa shape index (κ2) is 4.69. The van der Waals surface area contributed by atoms with Gasteiger partial charge in [-0.1, -0.05) is 0 Å². The molecule has 0 unspecified atom stereocenters. The van der Waals surface area contributed by atoms with E-state index in [2.05, 4.69) is 18.7 Å². The quantitative estimate of drug-likeness (QED) is 0.756. The number of thioether (sulfide) groups is 1. The lowest BCUT2D eigenvalue weighted by Crippen LogP contribution is -2.43. The molecule has 17 heavy (non-hydrogen) atoms. The molecule has 0 spiro atoms. The second-order valence-corrected chi connectivity index (χ2v) is 6.69. The molecular weight excluding hydrogens is 237 g/mol. The molecular formula is C13H16FNOS. The molecule has 0 saturated carbocycles. The fraction of sp³-hybridized carbons (Fsp3) is 0.462. The molecule has 0 aromatic heterocycles. The topological polar surface area (TPSA) is 20.3 Å². The van der Waals surface area contributed by atoms with Crippen LogP contribution in [-0.2, 0) is 0 Å². The highest BCUT2D eigenvalue weighted by atomic mass is 32.2. The molecule has 0 amide bonds. The van der Waals surface area contributed by atoms with Gasteiger partial charge in [0.2, 0.25) is 0 Å². The van der Waals surface area contributed by atoms with Gasteiger partial charge in [0.25, 0.3) is 0 Å². The first-order valence-electron chi connectivity index (χ1n) is 5.65. The molecule has 1 aliphatic rings. The molecule has 4 heteroatoms. The third-order valence-corrected chi connectivity index (χ3v) is 4.13. The zero-order valence-corrected chi connectivity index (χ0v) is 10.9. The molecule has 0 N–H and O–H groups in total. The highest BCUT2D eigenvalue weighted by Gasteiger charge is 2.27. The van der Waals surface area contributed by atoms with Crippen LogP contribution in [0.3, 0.4) is 0 Å². The number of nitrogens with zero attached hydrogens (tertiary/aromatic N) is 1. The minimum absolute atomic E-state index is 0.173. The van der Waals surface area contributed by atoms with Crippen LogP contribution in [0.1, 0.15) is 24.2 Å². The Bertz CT molecular complexity index is 433. The van der Waals surface area contributed by atoms with Crippen LogP contribution in [0.25, 0.3) is 0 Å². The Labute approximate surface area is 105 Å². The Balaban J connectivity index is 2.27. The number of rotatable bonds is 2. The van der Waals surface area contributed by atoms with E-state index in [1.807, 2.05) is 11.8 Å². The average Bonchev–Trinajstić information content (AvgIpc) is 2.27. The van der Waals surface area contributed by atoms with Crippen molar-refractivity contribution in [3.63, 3.8) is 0 Å². The van der Waals surface area contributed by atoms with Crippen LogP contribution in [0.5, 0.6) is 0 Å². The first-order valence-corrected chi connectivity index (χ1v) is 6.63. The summed E-state index contributed by atoms with van der Waals surface area (Å²) in [6.07, 6.45) is 0.691. The van der Waals surface area contributed by atoms with E-state index in [0.717, 1.165) is 24.5 Å². The second-order valence-electron chi connectivity index (χ2n) is 4.89. The minimum Gasteiger partial charge on any atom is -0.369 e. The Morgan fingerprint density at radius 2 is 2.18 bits per heavy atom. The van der Waals surface area contributed by atoms with Gasteiger partial charge in [0.1, 0.15) is 12.1 Å². The van der Waals surface area contributed by atoms with E-state index in [9.17, 15) is 9.18 Å². The predicted molar refractivity (Wildman–Crippen MR) is 70.5 cm³/mol. The van der Waals surface area contributed by atoms with Crippen molar-refractivity contribution in [2.24, 2.45) is 0 Å². The van der Waals surface area contributed by atoms with E-state index < -0.39 is 0 Å². The highest BCUT2D eigenvalue weighted by molar-refractivity contribution is 8.00. The molecule has 1 aromatic carbocycles. The number of carbonyl (C=O) groups excluding carboxylic acids is 1. The standard InChI is InChI=1S/C13H16FNOS/c1-13(2)9-15(3-4-17-13)12-6-10(8-16)5-11(14)7-12/h5-8H,3-4,9H2,1-2H3. The van der Waals surface area contributed by atoms with E-state index in [4.69, 9.17) is 0 Å². The van der Waals surface area contributed by atoms with Crippen molar-refractivity contribution in [3.8, 4) is 0 Å². The van der Waals surface area contributed by atoms with Crippen molar-refractivity contribution in [2.45, 2.75) is 18.6 Å². The SMILES string of the molecule is CC1(C)CN(c2cc(F)cc(C=O)c2)CCS1. The number of hydrogen-bond donors (Lipinski definition) is 0. The van der Waals surface area contributed by atoms with Gasteiger partial charge in [0, 0.05) is 34.8 Å². The summed E-state index contributed by atoms with van der Waals surface area (Å²) < 4.78 is 13.5. The molecule has 0 bridgehead atoms. The lowest BCUT2D eigenvalue weighted by molar-refractivity contribution is 0.112. The zero-order valence-electron chi connectivity index (χ0n) is 10.1. The largest absolute Gasteiger partial charge is 0.369 e. The summed E-state index contributed by atoms with van der Waals surface area (Å²) in [4.78, 5) is 12.9. The van der Waals surface area contributed by atoms with Gasteiger partial charge < -0.3 is 4.90 Å². The lowest BCUT2D eigenvalue weighted by atomic mass is 10.1. The molecule has 2 nitrogen and oxygen atoms in total. The maximum Gasteiger partial charge on any atom is 0.150 e. The molecule has 92 valence electrons. The van der Waals surface area contributed by atoms with Gasteiger partial charge in [0.15, 0.2) is 0 Å². The number of anilines is 1. The van der Waals surface area contributed by atoms with Crippen LogP contribution >= 0.6 is 11.8 Å². The monoisotopic (exact) mass is 253 g/mol. The molecule has 1 aromatic rings. The van der Waals surface area contributed by atoms with Gasteiger partial charge in [-0.3, -0.25) is 4.79 Å². The third kappa shape index (κ3) is 3.00. The van der Waals surface area contributed by atoms with Crippen LogP contribution in [0.2, 0.25) is 0 Å². The predicted octanol–water partition coefficient (Wildman–Crippen LogP) is 2.97. The zero-order chi connectivity index (χ0) is 12.5.